The molecule has 9 nitrogen and oxygen atoms in total. The van der Waals surface area contributed by atoms with Gasteiger partial charge in [-0.15, -0.1) is 10.2 Å². The molecular formula is C21H24N6O3S. The van der Waals surface area contributed by atoms with Crippen LogP contribution in [0.1, 0.15) is 35.5 Å². The van der Waals surface area contributed by atoms with E-state index in [-0.39, 0.29) is 18.1 Å². The lowest BCUT2D eigenvalue weighted by Gasteiger charge is -2.16. The Balaban J connectivity index is 1.69. The fraction of sp³-hybridized carbons (Fsp3) is 0.381. The van der Waals surface area contributed by atoms with Gasteiger partial charge in [-0.3, -0.25) is 19.1 Å². The summed E-state index contributed by atoms with van der Waals surface area (Å²) >= 11 is 1.35. The maximum Gasteiger partial charge on any atom is 0.325 e. The van der Waals surface area contributed by atoms with E-state index in [0.717, 1.165) is 42.7 Å². The number of carbonyl (C=O) groups is 1. The Bertz CT molecular complexity index is 1190. The van der Waals surface area contributed by atoms with Crippen LogP contribution in [0.25, 0.3) is 5.69 Å². The van der Waals surface area contributed by atoms with Crippen molar-refractivity contribution in [3.8, 4) is 5.69 Å². The highest BCUT2D eigenvalue weighted by Crippen LogP contribution is 2.26. The molecule has 0 unspecified atom stereocenters. The van der Waals surface area contributed by atoms with Crippen molar-refractivity contribution in [2.45, 2.75) is 38.3 Å². The van der Waals surface area contributed by atoms with E-state index in [1.807, 2.05) is 41.5 Å². The molecule has 10 heteroatoms. The van der Waals surface area contributed by atoms with Gasteiger partial charge in [0, 0.05) is 31.3 Å². The average molecular weight is 441 g/mol. The lowest BCUT2D eigenvalue weighted by molar-refractivity contribution is -0.127. The zero-order valence-corrected chi connectivity index (χ0v) is 18.3. The average Bonchev–Trinajstić information content (AvgIpc) is 3.38. The zero-order chi connectivity index (χ0) is 22.0. The van der Waals surface area contributed by atoms with Crippen LogP contribution >= 0.6 is 11.8 Å². The molecule has 0 aliphatic carbocycles. The fourth-order valence-electron chi connectivity index (χ4n) is 3.68. The highest BCUT2D eigenvalue weighted by Gasteiger charge is 2.21. The van der Waals surface area contributed by atoms with Gasteiger partial charge in [0.1, 0.15) is 5.82 Å². The molecule has 0 bridgehead atoms. The fourth-order valence-corrected chi connectivity index (χ4v) is 4.55. The third-order valence-electron chi connectivity index (χ3n) is 5.25. The first-order chi connectivity index (χ1) is 14.9. The van der Waals surface area contributed by atoms with Gasteiger partial charge < -0.3 is 9.88 Å². The van der Waals surface area contributed by atoms with E-state index in [2.05, 4.69) is 20.2 Å². The monoisotopic (exact) mass is 440 g/mol. The van der Waals surface area contributed by atoms with Gasteiger partial charge in [-0.25, -0.2) is 4.79 Å². The predicted molar refractivity (Wildman–Crippen MR) is 118 cm³/mol. The number of likely N-dealkylation sites (tertiary alicyclic amines) is 1. The van der Waals surface area contributed by atoms with E-state index in [0.29, 0.717) is 16.7 Å². The summed E-state index contributed by atoms with van der Waals surface area (Å²) in [6, 6.07) is 7.43. The summed E-state index contributed by atoms with van der Waals surface area (Å²) in [6.07, 6.45) is 2.32. The summed E-state index contributed by atoms with van der Waals surface area (Å²) in [4.78, 5) is 42.6. The van der Waals surface area contributed by atoms with Crippen molar-refractivity contribution < 1.29 is 4.79 Å². The molecule has 1 saturated heterocycles. The van der Waals surface area contributed by atoms with E-state index in [9.17, 15) is 14.4 Å². The number of nitrogens with zero attached hydrogens (tertiary/aromatic N) is 4. The van der Waals surface area contributed by atoms with Gasteiger partial charge in [0.05, 0.1) is 11.4 Å². The summed E-state index contributed by atoms with van der Waals surface area (Å²) in [5, 5.41) is 9.26. The van der Waals surface area contributed by atoms with Crippen LogP contribution in [0, 0.1) is 13.8 Å². The quantitative estimate of drug-likeness (QED) is 0.562. The minimum absolute atomic E-state index is 0.0958. The summed E-state index contributed by atoms with van der Waals surface area (Å²) in [6.45, 7) is 5.62. The maximum absolute atomic E-state index is 12.5. The van der Waals surface area contributed by atoms with Gasteiger partial charge in [0.2, 0.25) is 5.91 Å². The lowest BCUT2D eigenvalue weighted by Crippen LogP contribution is -2.29. The van der Waals surface area contributed by atoms with Gasteiger partial charge in [-0.1, -0.05) is 23.9 Å². The largest absolute Gasteiger partial charge is 0.342 e. The van der Waals surface area contributed by atoms with Crippen LogP contribution in [-0.2, 0) is 11.2 Å². The molecule has 162 valence electrons. The predicted octanol–water partition coefficient (Wildman–Crippen LogP) is 1.57. The molecule has 1 amide bonds. The van der Waals surface area contributed by atoms with Gasteiger partial charge >= 0.3 is 5.69 Å². The van der Waals surface area contributed by atoms with Crippen LogP contribution in [0.3, 0.4) is 0 Å². The second-order valence-electron chi connectivity index (χ2n) is 7.69. The van der Waals surface area contributed by atoms with Crippen LogP contribution in [0.4, 0.5) is 0 Å². The van der Waals surface area contributed by atoms with Crippen LogP contribution in [0.15, 0.2) is 39.0 Å². The number of amides is 1. The molecular weight excluding hydrogens is 416 g/mol. The molecule has 2 aromatic heterocycles. The first kappa shape index (κ1) is 21.1. The van der Waals surface area contributed by atoms with Gasteiger partial charge in [-0.2, -0.15) is 0 Å². The van der Waals surface area contributed by atoms with E-state index >= 15 is 0 Å². The van der Waals surface area contributed by atoms with E-state index in [4.69, 9.17) is 0 Å². The molecule has 0 atom stereocenters. The minimum atomic E-state index is -0.564. The SMILES string of the molecule is Cc1ccc(C)c(-n2c(Cc3cc(=O)[nH]c(=O)[nH]3)nnc2SCC(=O)N2CCCC2)c1. The number of hydrogen-bond donors (Lipinski definition) is 2. The Hall–Kier alpha value is -3.14. The van der Waals surface area contributed by atoms with Gasteiger partial charge in [0.25, 0.3) is 5.56 Å². The number of aromatic amines is 2. The second kappa shape index (κ2) is 8.93. The third-order valence-corrected chi connectivity index (χ3v) is 6.17. The van der Waals surface area contributed by atoms with Crippen LogP contribution < -0.4 is 11.2 Å². The molecule has 3 heterocycles. The molecule has 1 aliphatic rings. The molecule has 0 saturated carbocycles. The number of nitrogens with one attached hydrogen (secondary N) is 2. The number of carbonyl (C=O) groups excluding carboxylic acids is 1. The minimum Gasteiger partial charge on any atom is -0.342 e. The number of rotatable bonds is 6. The Morgan fingerprint density at radius 3 is 2.61 bits per heavy atom. The molecule has 4 rings (SSSR count). The summed E-state index contributed by atoms with van der Waals surface area (Å²) in [5.74, 6) is 0.953. The maximum atomic E-state index is 12.5. The van der Waals surface area contributed by atoms with Crippen molar-refractivity contribution in [1.29, 1.82) is 0 Å². The Morgan fingerprint density at radius 2 is 1.87 bits per heavy atom. The van der Waals surface area contributed by atoms with Crippen molar-refractivity contribution in [3.05, 3.63) is 67.7 Å². The van der Waals surface area contributed by atoms with Crippen LogP contribution in [-0.4, -0.2) is 54.4 Å². The highest BCUT2D eigenvalue weighted by atomic mass is 32.2. The zero-order valence-electron chi connectivity index (χ0n) is 17.5. The standard InChI is InChI=1S/C21H24N6O3S/c1-13-5-6-14(2)16(9-13)27-17(10-15-11-18(28)23-20(30)22-15)24-25-21(27)31-12-19(29)26-7-3-4-8-26/h5-6,9,11H,3-4,7-8,10,12H2,1-2H3,(H2,22,23,28,30). The number of hydrogen-bond acceptors (Lipinski definition) is 6. The molecule has 1 fully saturated rings. The van der Waals surface area contributed by atoms with Gasteiger partial charge in [-0.05, 0) is 43.9 Å². The summed E-state index contributed by atoms with van der Waals surface area (Å²) in [5.41, 5.74) is 2.42. The molecule has 0 radical (unpaired) electrons. The Kier molecular flexibility index (Phi) is 6.08. The number of aryl methyl sites for hydroxylation is 2. The third kappa shape index (κ3) is 4.79. The molecule has 31 heavy (non-hydrogen) atoms. The molecule has 3 aromatic rings. The number of thioether (sulfide) groups is 1. The van der Waals surface area contributed by atoms with Crippen molar-refractivity contribution in [2.24, 2.45) is 0 Å². The summed E-state index contributed by atoms with van der Waals surface area (Å²) < 4.78 is 1.91. The summed E-state index contributed by atoms with van der Waals surface area (Å²) in [7, 11) is 0. The Labute approximate surface area is 182 Å². The number of benzene rings is 1. The topological polar surface area (TPSA) is 117 Å². The van der Waals surface area contributed by atoms with Crippen molar-refractivity contribution in [1.82, 2.24) is 29.6 Å². The molecule has 1 aliphatic heterocycles. The Morgan fingerprint density at radius 1 is 1.10 bits per heavy atom. The lowest BCUT2D eigenvalue weighted by atomic mass is 10.1. The molecule has 1 aromatic carbocycles. The van der Waals surface area contributed by atoms with Crippen molar-refractivity contribution in [2.75, 3.05) is 18.8 Å². The molecule has 0 spiro atoms. The smallest absolute Gasteiger partial charge is 0.325 e. The number of aromatic nitrogens is 5. The van der Waals surface area contributed by atoms with Gasteiger partial charge in [0.15, 0.2) is 5.16 Å². The van der Waals surface area contributed by atoms with E-state index in [1.54, 1.807) is 0 Å². The normalized spacial score (nSPS) is 13.7. The van der Waals surface area contributed by atoms with Crippen LogP contribution in [0.5, 0.6) is 0 Å². The molecule has 2 N–H and O–H groups in total. The van der Waals surface area contributed by atoms with Crippen molar-refractivity contribution >= 4 is 17.7 Å². The van der Waals surface area contributed by atoms with E-state index < -0.39 is 11.2 Å². The van der Waals surface area contributed by atoms with Crippen molar-refractivity contribution in [3.63, 3.8) is 0 Å². The van der Waals surface area contributed by atoms with E-state index in [1.165, 1.54) is 17.8 Å². The highest BCUT2D eigenvalue weighted by molar-refractivity contribution is 7.99. The second-order valence-corrected chi connectivity index (χ2v) is 8.63. The van der Waals surface area contributed by atoms with Crippen LogP contribution in [0.2, 0.25) is 0 Å². The first-order valence-electron chi connectivity index (χ1n) is 10.2. The number of H-pyrrole nitrogens is 2. The first-order valence-corrected chi connectivity index (χ1v) is 11.1.